The molecule has 1 saturated carbocycles. The van der Waals surface area contributed by atoms with Crippen LogP contribution in [0.15, 0.2) is 23.1 Å². The van der Waals surface area contributed by atoms with Crippen molar-refractivity contribution in [2.24, 2.45) is 5.92 Å². The van der Waals surface area contributed by atoms with Gasteiger partial charge in [-0.1, -0.05) is 0 Å². The van der Waals surface area contributed by atoms with Gasteiger partial charge in [-0.15, -0.1) is 0 Å². The molecule has 9 heteroatoms. The van der Waals surface area contributed by atoms with Gasteiger partial charge < -0.3 is 5.11 Å². The minimum atomic E-state index is -4.66. The van der Waals surface area contributed by atoms with Gasteiger partial charge in [0.1, 0.15) is 6.07 Å². The monoisotopic (exact) mass is 348 g/mol. The molecule has 0 radical (unpaired) electrons. The lowest BCUT2D eigenvalue weighted by Crippen LogP contribution is -2.35. The summed E-state index contributed by atoms with van der Waals surface area (Å²) in [7, 11) is -2.94. The summed E-state index contributed by atoms with van der Waals surface area (Å²) in [5, 5.41) is 18.8. The van der Waals surface area contributed by atoms with Crippen LogP contribution in [0.5, 0.6) is 0 Å². The van der Waals surface area contributed by atoms with E-state index in [1.807, 2.05) is 0 Å². The molecule has 0 amide bonds. The number of nitriles is 1. The molecule has 0 bridgehead atoms. The van der Waals surface area contributed by atoms with Crippen LogP contribution in [0.1, 0.15) is 24.0 Å². The van der Waals surface area contributed by atoms with E-state index in [2.05, 4.69) is 0 Å². The second-order valence-corrected chi connectivity index (χ2v) is 7.52. The van der Waals surface area contributed by atoms with E-state index in [1.165, 1.54) is 13.1 Å². The van der Waals surface area contributed by atoms with E-state index < -0.39 is 38.3 Å². The molecule has 1 aromatic rings. The van der Waals surface area contributed by atoms with Gasteiger partial charge in [-0.3, -0.25) is 0 Å². The lowest BCUT2D eigenvalue weighted by Gasteiger charge is -2.21. The first kappa shape index (κ1) is 17.7. The Kier molecular flexibility index (Phi) is 4.71. The number of hydrogen-bond donors (Lipinski definition) is 1. The van der Waals surface area contributed by atoms with Gasteiger partial charge in [-0.05, 0) is 37.0 Å². The molecule has 0 aliphatic heterocycles. The molecule has 126 valence electrons. The highest BCUT2D eigenvalue weighted by atomic mass is 32.2. The molecule has 2 rings (SSSR count). The zero-order valence-electron chi connectivity index (χ0n) is 12.2. The van der Waals surface area contributed by atoms with E-state index in [0.717, 1.165) is 23.2 Å². The molecule has 0 aromatic heterocycles. The number of alkyl halides is 3. The van der Waals surface area contributed by atoms with E-state index in [-0.39, 0.29) is 12.5 Å². The SMILES string of the molecule is CN(CC(O)C1CC1)S(=O)(=O)c1ccc(C(F)(F)F)cc1C#N. The first-order valence-corrected chi connectivity index (χ1v) is 8.27. The average Bonchev–Trinajstić information content (AvgIpc) is 3.30. The van der Waals surface area contributed by atoms with Gasteiger partial charge >= 0.3 is 6.18 Å². The summed E-state index contributed by atoms with van der Waals surface area (Å²) in [5.41, 5.74) is -1.67. The quantitative estimate of drug-likeness (QED) is 0.882. The van der Waals surface area contributed by atoms with Crippen molar-refractivity contribution in [3.63, 3.8) is 0 Å². The lowest BCUT2D eigenvalue weighted by molar-refractivity contribution is -0.137. The summed E-state index contributed by atoms with van der Waals surface area (Å²) in [6, 6.07) is 3.40. The van der Waals surface area contributed by atoms with Crippen LogP contribution in [0.2, 0.25) is 0 Å². The number of halogens is 3. The van der Waals surface area contributed by atoms with Crippen molar-refractivity contribution in [2.45, 2.75) is 30.0 Å². The molecule has 1 aliphatic carbocycles. The summed E-state index contributed by atoms with van der Waals surface area (Å²) in [6.07, 6.45) is -3.85. The van der Waals surface area contributed by atoms with Crippen molar-refractivity contribution in [3.05, 3.63) is 29.3 Å². The topological polar surface area (TPSA) is 81.4 Å². The Bertz CT molecular complexity index is 737. The van der Waals surface area contributed by atoms with Crippen molar-refractivity contribution >= 4 is 10.0 Å². The first-order chi connectivity index (χ1) is 10.6. The Hall–Kier alpha value is -1.63. The van der Waals surface area contributed by atoms with Crippen LogP contribution in [-0.2, 0) is 16.2 Å². The van der Waals surface area contributed by atoms with Crippen LogP contribution in [0, 0.1) is 17.2 Å². The molecule has 1 atom stereocenters. The van der Waals surface area contributed by atoms with Crippen LogP contribution in [0.25, 0.3) is 0 Å². The summed E-state index contributed by atoms with van der Waals surface area (Å²) >= 11 is 0. The van der Waals surface area contributed by atoms with Crippen molar-refractivity contribution in [1.29, 1.82) is 5.26 Å². The molecular formula is C14H15F3N2O3S. The number of hydrogen-bond acceptors (Lipinski definition) is 4. The molecule has 1 N–H and O–H groups in total. The van der Waals surface area contributed by atoms with Crippen LogP contribution >= 0.6 is 0 Å². The fourth-order valence-corrected chi connectivity index (χ4v) is 3.49. The number of sulfonamides is 1. The van der Waals surface area contributed by atoms with Gasteiger partial charge in [0.15, 0.2) is 0 Å². The van der Waals surface area contributed by atoms with Gasteiger partial charge in [-0.25, -0.2) is 8.42 Å². The number of nitrogens with zero attached hydrogens (tertiary/aromatic N) is 2. The third-order valence-electron chi connectivity index (χ3n) is 3.73. The number of benzene rings is 1. The molecular weight excluding hydrogens is 333 g/mol. The second-order valence-electron chi connectivity index (χ2n) is 5.51. The molecule has 0 heterocycles. The van der Waals surface area contributed by atoms with Crippen molar-refractivity contribution in [2.75, 3.05) is 13.6 Å². The van der Waals surface area contributed by atoms with Crippen LogP contribution in [0.4, 0.5) is 13.2 Å². The summed E-state index contributed by atoms with van der Waals surface area (Å²) in [5.74, 6) is 0.0516. The highest BCUT2D eigenvalue weighted by molar-refractivity contribution is 7.89. The molecule has 1 aliphatic rings. The Morgan fingerprint density at radius 1 is 1.43 bits per heavy atom. The number of rotatable bonds is 5. The van der Waals surface area contributed by atoms with Crippen molar-refractivity contribution < 1.29 is 26.7 Å². The second kappa shape index (κ2) is 6.11. The lowest BCUT2D eigenvalue weighted by atomic mass is 10.1. The minimum absolute atomic E-state index is 0.0516. The third kappa shape index (κ3) is 3.83. The van der Waals surface area contributed by atoms with Gasteiger partial charge in [0, 0.05) is 13.6 Å². The van der Waals surface area contributed by atoms with Crippen molar-refractivity contribution in [1.82, 2.24) is 4.31 Å². The predicted octanol–water partition coefficient (Wildman–Crippen LogP) is 1.97. The smallest absolute Gasteiger partial charge is 0.391 e. The maximum Gasteiger partial charge on any atom is 0.416 e. The zero-order valence-corrected chi connectivity index (χ0v) is 13.0. The Morgan fingerprint density at radius 3 is 2.52 bits per heavy atom. The molecule has 5 nitrogen and oxygen atoms in total. The van der Waals surface area contributed by atoms with E-state index >= 15 is 0 Å². The third-order valence-corrected chi connectivity index (χ3v) is 5.61. The van der Waals surface area contributed by atoms with E-state index in [0.29, 0.717) is 12.1 Å². The Morgan fingerprint density at radius 2 is 2.04 bits per heavy atom. The summed E-state index contributed by atoms with van der Waals surface area (Å²) in [6.45, 7) is -0.168. The van der Waals surface area contributed by atoms with Crippen LogP contribution < -0.4 is 0 Å². The highest BCUT2D eigenvalue weighted by Gasteiger charge is 2.35. The molecule has 1 fully saturated rings. The van der Waals surface area contributed by atoms with Gasteiger partial charge in [-0.2, -0.15) is 22.7 Å². The van der Waals surface area contributed by atoms with Gasteiger partial charge in [0.2, 0.25) is 10.0 Å². The number of likely N-dealkylation sites (N-methyl/N-ethyl adjacent to an activating group) is 1. The fourth-order valence-electron chi connectivity index (χ4n) is 2.18. The molecule has 0 spiro atoms. The largest absolute Gasteiger partial charge is 0.416 e. The standard InChI is InChI=1S/C14H15F3N2O3S/c1-19(8-12(20)9-2-3-9)23(21,22)13-5-4-11(14(15,16)17)6-10(13)7-18/h4-6,9,12,20H,2-3,8H2,1H3. The number of aliphatic hydroxyl groups is 1. The summed E-state index contributed by atoms with van der Waals surface area (Å²) in [4.78, 5) is -0.501. The Balaban J connectivity index is 2.33. The van der Waals surface area contributed by atoms with Crippen molar-refractivity contribution in [3.8, 4) is 6.07 Å². The maximum atomic E-state index is 12.7. The first-order valence-electron chi connectivity index (χ1n) is 6.83. The van der Waals surface area contributed by atoms with Crippen LogP contribution in [0.3, 0.4) is 0 Å². The van der Waals surface area contributed by atoms with Crippen LogP contribution in [-0.4, -0.2) is 37.5 Å². The van der Waals surface area contributed by atoms with E-state index in [1.54, 1.807) is 0 Å². The van der Waals surface area contributed by atoms with Gasteiger partial charge in [0.05, 0.1) is 22.1 Å². The van der Waals surface area contributed by atoms with E-state index in [9.17, 15) is 26.7 Å². The zero-order chi connectivity index (χ0) is 17.4. The van der Waals surface area contributed by atoms with Gasteiger partial charge in [0.25, 0.3) is 0 Å². The summed E-state index contributed by atoms with van der Waals surface area (Å²) < 4.78 is 63.7. The van der Waals surface area contributed by atoms with E-state index in [4.69, 9.17) is 5.26 Å². The fraction of sp³-hybridized carbons (Fsp3) is 0.500. The molecule has 1 unspecified atom stereocenters. The minimum Gasteiger partial charge on any atom is -0.391 e. The Labute approximate surface area is 132 Å². The predicted molar refractivity (Wildman–Crippen MR) is 74.7 cm³/mol. The molecule has 0 saturated heterocycles. The molecule has 23 heavy (non-hydrogen) atoms. The number of aliphatic hydroxyl groups excluding tert-OH is 1. The normalized spacial score (nSPS) is 17.1. The molecule has 1 aromatic carbocycles. The highest BCUT2D eigenvalue weighted by Crippen LogP contribution is 2.34. The average molecular weight is 348 g/mol. The maximum absolute atomic E-state index is 12.7.